The van der Waals surface area contributed by atoms with Gasteiger partial charge in [-0.25, -0.2) is 0 Å². The molecule has 105 valence electrons. The van der Waals surface area contributed by atoms with E-state index in [1.54, 1.807) is 27.7 Å². The van der Waals surface area contributed by atoms with Gasteiger partial charge in [-0.15, -0.1) is 0 Å². The minimum absolute atomic E-state index is 0.620. The van der Waals surface area contributed by atoms with Crippen LogP contribution in [0.2, 0.25) is 0 Å². The summed E-state index contributed by atoms with van der Waals surface area (Å²) in [5.41, 5.74) is -1.31. The zero-order valence-electron chi connectivity index (χ0n) is 11.9. The predicted octanol–water partition coefficient (Wildman–Crippen LogP) is 0.224. The van der Waals surface area contributed by atoms with E-state index in [9.17, 15) is 19.8 Å². The maximum atomic E-state index is 10.1. The van der Waals surface area contributed by atoms with Crippen molar-refractivity contribution < 1.29 is 40.8 Å². The molecule has 0 unspecified atom stereocenters. The Morgan fingerprint density at radius 1 is 0.833 bits per heavy atom. The molecular weight excluding hydrogens is 275 g/mol. The van der Waals surface area contributed by atoms with Crippen molar-refractivity contribution in [2.75, 3.05) is 0 Å². The zero-order valence-corrected chi connectivity index (χ0v) is 13.3. The molecule has 0 aliphatic carbocycles. The van der Waals surface area contributed by atoms with Crippen molar-refractivity contribution in [3.8, 4) is 0 Å². The number of aliphatic carboxylic acids is 2. The molecule has 0 spiro atoms. The summed E-state index contributed by atoms with van der Waals surface area (Å²) in [6.07, 6.45) is 1.24. The summed E-state index contributed by atoms with van der Waals surface area (Å²) in [6.45, 7) is 10.3. The fourth-order valence-electron chi connectivity index (χ4n) is 0.289. The molecule has 0 saturated carbocycles. The molecule has 18 heavy (non-hydrogen) atoms. The summed E-state index contributed by atoms with van der Waals surface area (Å²) < 4.78 is 8.19. The normalized spacial score (nSPS) is 10.4. The minimum atomic E-state index is -0.972. The quantitative estimate of drug-likeness (QED) is 0.739. The van der Waals surface area contributed by atoms with Gasteiger partial charge in [0.15, 0.2) is 0 Å². The van der Waals surface area contributed by atoms with Crippen molar-refractivity contribution in [3.05, 3.63) is 0 Å². The number of carbonyl (C=O) groups is 2. The van der Waals surface area contributed by atoms with Crippen LogP contribution in [-0.4, -0.2) is 11.9 Å². The van der Waals surface area contributed by atoms with Crippen molar-refractivity contribution in [2.45, 2.75) is 54.4 Å². The molecule has 0 amide bonds. The molecule has 0 radical (unpaired) electrons. The van der Waals surface area contributed by atoms with Crippen molar-refractivity contribution in [1.82, 2.24) is 0 Å². The van der Waals surface area contributed by atoms with Crippen LogP contribution in [0.15, 0.2) is 0 Å². The monoisotopic (exact) mass is 297 g/mol. The molecule has 0 heterocycles. The summed E-state index contributed by atoms with van der Waals surface area (Å²) in [5.74, 6) is -1.94. The molecule has 0 N–H and O–H groups in total. The Balaban J connectivity index is -0.000000219. The van der Waals surface area contributed by atoms with E-state index in [0.717, 1.165) is 17.4 Å². The van der Waals surface area contributed by atoms with Crippen LogP contribution < -0.4 is 10.2 Å². The molecule has 0 bridgehead atoms. The average Bonchev–Trinajstić information content (AvgIpc) is 2.32. The van der Waals surface area contributed by atoms with E-state index in [4.69, 9.17) is 3.67 Å². The Labute approximate surface area is 118 Å². The summed E-state index contributed by atoms with van der Waals surface area (Å²) in [4.78, 5) is 20.3. The van der Waals surface area contributed by atoms with Gasteiger partial charge >= 0.3 is 21.0 Å². The third-order valence-electron chi connectivity index (χ3n) is 2.87. The van der Waals surface area contributed by atoms with Gasteiger partial charge in [0, 0.05) is 22.8 Å². The van der Waals surface area contributed by atoms with Crippen molar-refractivity contribution >= 4 is 11.9 Å². The second kappa shape index (κ2) is 10.3. The van der Waals surface area contributed by atoms with E-state index in [1.807, 2.05) is 13.8 Å². The van der Waals surface area contributed by atoms with Gasteiger partial charge in [-0.2, -0.15) is 0 Å². The first-order valence-corrected chi connectivity index (χ1v) is 6.19. The fourth-order valence-corrected chi connectivity index (χ4v) is 0.289. The standard InChI is InChI=1S/2C6H12O2.O.V/c2*1-4-6(2,3)5(7)8;;/h2*4H2,1-3H3,(H,7,8);;/q;;;+2/p-2. The Kier molecular flexibility index (Phi) is 12.8. The van der Waals surface area contributed by atoms with Crippen LogP contribution in [0.1, 0.15) is 54.4 Å². The summed E-state index contributed by atoms with van der Waals surface area (Å²) in [6, 6.07) is 0. The van der Waals surface area contributed by atoms with Crippen LogP contribution in [0, 0.1) is 10.8 Å². The second-order valence-electron chi connectivity index (χ2n) is 5.05. The van der Waals surface area contributed by atoms with Gasteiger partial charge in [0.2, 0.25) is 0 Å². The number of carboxylic acid groups (broad SMARTS) is 2. The molecule has 0 saturated heterocycles. The van der Waals surface area contributed by atoms with E-state index in [2.05, 4.69) is 0 Å². The first-order valence-electron chi connectivity index (χ1n) is 5.62. The maximum absolute atomic E-state index is 10.1. The Morgan fingerprint density at radius 2 is 1.00 bits per heavy atom. The van der Waals surface area contributed by atoms with Gasteiger partial charge in [0.1, 0.15) is 0 Å². The van der Waals surface area contributed by atoms with Gasteiger partial charge in [0.05, 0.1) is 0 Å². The molecule has 0 aromatic rings. The van der Waals surface area contributed by atoms with Crippen LogP contribution in [0.3, 0.4) is 0 Å². The topological polar surface area (TPSA) is 97.3 Å². The van der Waals surface area contributed by atoms with Gasteiger partial charge in [-0.05, 0) is 12.8 Å². The van der Waals surface area contributed by atoms with Crippen LogP contribution in [0.5, 0.6) is 0 Å². The third-order valence-corrected chi connectivity index (χ3v) is 2.87. The number of hydrogen-bond donors (Lipinski definition) is 0. The van der Waals surface area contributed by atoms with Gasteiger partial charge in [-0.3, -0.25) is 0 Å². The van der Waals surface area contributed by atoms with Gasteiger partial charge in [0.25, 0.3) is 0 Å². The van der Waals surface area contributed by atoms with E-state index < -0.39 is 22.8 Å². The van der Waals surface area contributed by atoms with E-state index in [1.165, 1.54) is 0 Å². The Morgan fingerprint density at radius 3 is 1.00 bits per heavy atom. The first-order chi connectivity index (χ1) is 8.01. The second-order valence-corrected chi connectivity index (χ2v) is 5.05. The molecular formula is C12H22O5V. The molecule has 0 aromatic carbocycles. The molecule has 0 fully saturated rings. The number of hydrogen-bond acceptors (Lipinski definition) is 5. The molecule has 0 aliphatic heterocycles. The molecule has 0 aromatic heterocycles. The van der Waals surface area contributed by atoms with Gasteiger partial charge < -0.3 is 19.8 Å². The van der Waals surface area contributed by atoms with E-state index in [0.29, 0.717) is 12.8 Å². The van der Waals surface area contributed by atoms with Crippen molar-refractivity contribution in [2.24, 2.45) is 10.8 Å². The summed E-state index contributed by atoms with van der Waals surface area (Å²) >= 11 is 1.06. The summed E-state index contributed by atoms with van der Waals surface area (Å²) in [5, 5.41) is 20.3. The first kappa shape index (κ1) is 22.5. The average molecular weight is 297 g/mol. The SMILES string of the molecule is CCC(C)(C)C(=O)[O-].CCC(C)(C)C(=O)[O-].[O]=[V+2]. The fraction of sp³-hybridized carbons (Fsp3) is 0.833. The van der Waals surface area contributed by atoms with Crippen LogP contribution in [-0.2, 0) is 30.6 Å². The number of carboxylic acids is 2. The van der Waals surface area contributed by atoms with Crippen LogP contribution >= 0.6 is 0 Å². The molecule has 0 aliphatic rings. The van der Waals surface area contributed by atoms with Crippen LogP contribution in [0.4, 0.5) is 0 Å². The summed E-state index contributed by atoms with van der Waals surface area (Å²) in [7, 11) is 0. The molecule has 5 nitrogen and oxygen atoms in total. The number of carbonyl (C=O) groups excluding carboxylic acids is 2. The van der Waals surface area contributed by atoms with Crippen molar-refractivity contribution in [1.29, 1.82) is 0 Å². The molecule has 0 atom stereocenters. The zero-order chi connectivity index (χ0) is 15.6. The predicted molar refractivity (Wildman–Crippen MR) is 58.8 cm³/mol. The molecule has 0 rings (SSSR count). The Hall–Kier alpha value is -0.676. The third kappa shape index (κ3) is 10.5. The molecule has 6 heteroatoms. The van der Waals surface area contributed by atoms with Gasteiger partial charge in [-0.1, -0.05) is 41.5 Å². The van der Waals surface area contributed by atoms with E-state index in [-0.39, 0.29) is 0 Å². The number of rotatable bonds is 4. The van der Waals surface area contributed by atoms with E-state index >= 15 is 0 Å². The van der Waals surface area contributed by atoms with Crippen molar-refractivity contribution in [3.63, 3.8) is 0 Å². The van der Waals surface area contributed by atoms with Crippen LogP contribution in [0.25, 0.3) is 0 Å². The Bertz CT molecular complexity index is 235.